The molecule has 0 saturated heterocycles. The Balaban J connectivity index is 2.37. The third kappa shape index (κ3) is 2.44. The molecule has 0 amide bonds. The average Bonchev–Trinajstić information content (AvgIpc) is 2.73. The molecule has 0 bridgehead atoms. The van der Waals surface area contributed by atoms with Crippen molar-refractivity contribution >= 4 is 32.7 Å². The average molecular weight is 295 g/mol. The predicted molar refractivity (Wildman–Crippen MR) is 72.3 cm³/mol. The summed E-state index contributed by atoms with van der Waals surface area (Å²) in [5.41, 5.74) is 0.750. The molecule has 3 heteroatoms. The van der Waals surface area contributed by atoms with E-state index in [0.29, 0.717) is 5.76 Å². The third-order valence-corrected chi connectivity index (χ3v) is 3.53. The molecule has 2 nitrogen and oxygen atoms in total. The van der Waals surface area contributed by atoms with Crippen molar-refractivity contribution in [2.75, 3.05) is 0 Å². The summed E-state index contributed by atoms with van der Waals surface area (Å²) < 4.78 is 6.52. The molecule has 0 aliphatic rings. The van der Waals surface area contributed by atoms with E-state index in [0.717, 1.165) is 28.3 Å². The molecule has 90 valence electrons. The lowest BCUT2D eigenvalue weighted by atomic mass is 9.99. The number of Topliss-reactive ketones (excluding diaryl/α,β-unsaturated/α-hetero) is 1. The van der Waals surface area contributed by atoms with Crippen molar-refractivity contribution in [3.8, 4) is 0 Å². The van der Waals surface area contributed by atoms with Crippen molar-refractivity contribution in [3.05, 3.63) is 34.5 Å². The van der Waals surface area contributed by atoms with Crippen LogP contribution in [0, 0.1) is 5.92 Å². The Hall–Kier alpha value is -1.09. The normalized spacial score (nSPS) is 12.9. The van der Waals surface area contributed by atoms with Crippen LogP contribution in [0.25, 0.3) is 11.0 Å². The maximum absolute atomic E-state index is 12.1. The maximum atomic E-state index is 12.1. The second-order valence-electron chi connectivity index (χ2n) is 4.32. The van der Waals surface area contributed by atoms with Gasteiger partial charge in [-0.15, -0.1) is 0 Å². The first-order valence-electron chi connectivity index (χ1n) is 5.85. The van der Waals surface area contributed by atoms with Gasteiger partial charge in [-0.3, -0.25) is 4.79 Å². The first-order valence-corrected chi connectivity index (χ1v) is 6.65. The Morgan fingerprint density at radius 2 is 2.24 bits per heavy atom. The van der Waals surface area contributed by atoms with Crippen LogP contribution in [-0.2, 0) is 0 Å². The van der Waals surface area contributed by atoms with E-state index in [1.54, 1.807) is 0 Å². The lowest BCUT2D eigenvalue weighted by molar-refractivity contribution is 0.0897. The van der Waals surface area contributed by atoms with Gasteiger partial charge in [-0.25, -0.2) is 0 Å². The zero-order valence-electron chi connectivity index (χ0n) is 10.00. The Kier molecular flexibility index (Phi) is 3.67. The molecule has 1 heterocycles. The molecule has 0 aliphatic heterocycles. The van der Waals surface area contributed by atoms with Crippen molar-refractivity contribution < 1.29 is 9.21 Å². The number of para-hydroxylation sites is 1. The first kappa shape index (κ1) is 12.4. The van der Waals surface area contributed by atoms with Crippen molar-refractivity contribution in [1.82, 2.24) is 0 Å². The smallest absolute Gasteiger partial charge is 0.200 e. The number of rotatable bonds is 4. The van der Waals surface area contributed by atoms with Crippen LogP contribution in [0.1, 0.15) is 37.2 Å². The monoisotopic (exact) mass is 294 g/mol. The fraction of sp³-hybridized carbons (Fsp3) is 0.357. The van der Waals surface area contributed by atoms with Gasteiger partial charge in [-0.05, 0) is 34.5 Å². The van der Waals surface area contributed by atoms with Gasteiger partial charge in [0.1, 0.15) is 5.58 Å². The van der Waals surface area contributed by atoms with Crippen molar-refractivity contribution in [2.24, 2.45) is 5.92 Å². The highest BCUT2D eigenvalue weighted by atomic mass is 79.9. The Morgan fingerprint density at radius 3 is 2.88 bits per heavy atom. The molecular weight excluding hydrogens is 280 g/mol. The number of carbonyl (C=O) groups is 1. The minimum Gasteiger partial charge on any atom is -0.452 e. The van der Waals surface area contributed by atoms with Gasteiger partial charge in [0.2, 0.25) is 5.78 Å². The summed E-state index contributed by atoms with van der Waals surface area (Å²) in [6.07, 6.45) is 1.91. The number of benzene rings is 1. The van der Waals surface area contributed by atoms with E-state index in [1.807, 2.05) is 31.2 Å². The summed E-state index contributed by atoms with van der Waals surface area (Å²) in [4.78, 5) is 12.1. The molecular formula is C14H15BrO2. The molecule has 17 heavy (non-hydrogen) atoms. The molecule has 1 aromatic carbocycles. The van der Waals surface area contributed by atoms with Gasteiger partial charge in [0.15, 0.2) is 5.76 Å². The quantitative estimate of drug-likeness (QED) is 0.757. The van der Waals surface area contributed by atoms with Gasteiger partial charge in [0.25, 0.3) is 0 Å². The number of hydrogen-bond donors (Lipinski definition) is 0. The van der Waals surface area contributed by atoms with Crippen molar-refractivity contribution in [3.63, 3.8) is 0 Å². The van der Waals surface area contributed by atoms with Crippen LogP contribution in [-0.4, -0.2) is 5.78 Å². The van der Waals surface area contributed by atoms with Gasteiger partial charge in [0.05, 0.1) is 4.47 Å². The molecule has 0 saturated carbocycles. The molecule has 1 unspecified atom stereocenters. The van der Waals surface area contributed by atoms with E-state index in [4.69, 9.17) is 4.42 Å². The highest BCUT2D eigenvalue weighted by Crippen LogP contribution is 2.28. The van der Waals surface area contributed by atoms with Gasteiger partial charge in [-0.2, -0.15) is 0 Å². The number of fused-ring (bicyclic) bond motifs is 1. The minimum atomic E-state index is 0.0272. The topological polar surface area (TPSA) is 30.2 Å². The highest BCUT2D eigenvalue weighted by molar-refractivity contribution is 9.10. The van der Waals surface area contributed by atoms with Crippen molar-refractivity contribution in [1.29, 1.82) is 0 Å². The fourth-order valence-corrected chi connectivity index (χ4v) is 2.42. The number of halogens is 1. The summed E-state index contributed by atoms with van der Waals surface area (Å²) >= 11 is 3.42. The lowest BCUT2D eigenvalue weighted by Crippen LogP contribution is -2.09. The van der Waals surface area contributed by atoms with Crippen LogP contribution in [0.3, 0.4) is 0 Å². The largest absolute Gasteiger partial charge is 0.452 e. The van der Waals surface area contributed by atoms with Crippen LogP contribution in [0.15, 0.2) is 33.2 Å². The van der Waals surface area contributed by atoms with E-state index in [1.165, 1.54) is 0 Å². The second kappa shape index (κ2) is 5.05. The van der Waals surface area contributed by atoms with E-state index in [9.17, 15) is 4.79 Å². The Bertz CT molecular complexity index is 542. The SMILES string of the molecule is CCCC(C)C(=O)c1cc2cccc(Br)c2o1. The van der Waals surface area contributed by atoms with E-state index >= 15 is 0 Å². The van der Waals surface area contributed by atoms with Gasteiger partial charge in [-0.1, -0.05) is 32.4 Å². The maximum Gasteiger partial charge on any atom is 0.200 e. The standard InChI is InChI=1S/C14H15BrO2/c1-3-5-9(2)13(16)12-8-10-6-4-7-11(15)14(10)17-12/h4,6-9H,3,5H2,1-2H3. The lowest BCUT2D eigenvalue weighted by Gasteiger charge is -2.05. The van der Waals surface area contributed by atoms with E-state index in [2.05, 4.69) is 22.9 Å². The van der Waals surface area contributed by atoms with Crippen molar-refractivity contribution in [2.45, 2.75) is 26.7 Å². The van der Waals surface area contributed by atoms with Gasteiger partial charge < -0.3 is 4.42 Å². The molecule has 0 fully saturated rings. The van der Waals surface area contributed by atoms with Crippen LogP contribution < -0.4 is 0 Å². The van der Waals surface area contributed by atoms with E-state index in [-0.39, 0.29) is 11.7 Å². The number of ketones is 1. The van der Waals surface area contributed by atoms with Crippen LogP contribution >= 0.6 is 15.9 Å². The van der Waals surface area contributed by atoms with Gasteiger partial charge in [0, 0.05) is 11.3 Å². The Morgan fingerprint density at radius 1 is 1.47 bits per heavy atom. The third-order valence-electron chi connectivity index (χ3n) is 2.91. The molecule has 0 spiro atoms. The molecule has 0 N–H and O–H groups in total. The number of furan rings is 1. The molecule has 2 rings (SSSR count). The summed E-state index contributed by atoms with van der Waals surface area (Å²) in [5, 5.41) is 0.964. The zero-order valence-corrected chi connectivity index (χ0v) is 11.6. The summed E-state index contributed by atoms with van der Waals surface area (Å²) in [6.45, 7) is 4.03. The second-order valence-corrected chi connectivity index (χ2v) is 5.18. The Labute approximate surface area is 109 Å². The summed E-state index contributed by atoms with van der Waals surface area (Å²) in [7, 11) is 0. The van der Waals surface area contributed by atoms with Crippen LogP contribution in [0.2, 0.25) is 0 Å². The highest BCUT2D eigenvalue weighted by Gasteiger charge is 2.19. The van der Waals surface area contributed by atoms with E-state index < -0.39 is 0 Å². The molecule has 0 radical (unpaired) electrons. The molecule has 0 aliphatic carbocycles. The van der Waals surface area contributed by atoms with Crippen LogP contribution in [0.4, 0.5) is 0 Å². The molecule has 1 atom stereocenters. The summed E-state index contributed by atoms with van der Waals surface area (Å²) in [6, 6.07) is 7.63. The predicted octanol–water partition coefficient (Wildman–Crippen LogP) is 4.81. The fourth-order valence-electron chi connectivity index (χ4n) is 1.96. The van der Waals surface area contributed by atoms with Gasteiger partial charge >= 0.3 is 0 Å². The minimum absolute atomic E-state index is 0.0272. The number of carbonyl (C=O) groups excluding carboxylic acids is 1. The zero-order chi connectivity index (χ0) is 12.4. The van der Waals surface area contributed by atoms with Crippen LogP contribution in [0.5, 0.6) is 0 Å². The summed E-state index contributed by atoms with van der Waals surface area (Å²) in [5.74, 6) is 0.585. The molecule has 2 aromatic rings. The first-order chi connectivity index (χ1) is 8.13. The molecule has 1 aromatic heterocycles. The number of hydrogen-bond acceptors (Lipinski definition) is 2.